The number of rotatable bonds is 7. The van der Waals surface area contributed by atoms with E-state index >= 15 is 0 Å². The minimum atomic E-state index is -1.02. The van der Waals surface area contributed by atoms with Crippen LogP contribution in [0, 0.1) is 5.92 Å². The molecule has 6 nitrogen and oxygen atoms in total. The lowest BCUT2D eigenvalue weighted by atomic mass is 9.73. The normalized spacial score (nSPS) is 27.3. The Kier molecular flexibility index (Phi) is 8.23. The maximum atomic E-state index is 12.8. The summed E-state index contributed by atoms with van der Waals surface area (Å²) in [6, 6.07) is 9.35. The number of nitrogens with zero attached hydrogens (tertiary/aromatic N) is 1. The highest BCUT2D eigenvalue weighted by molar-refractivity contribution is 5.76. The Balaban J connectivity index is 2.36. The first kappa shape index (κ1) is 23.4. The van der Waals surface area contributed by atoms with E-state index in [0.717, 1.165) is 12.0 Å². The molecule has 0 unspecified atom stereocenters. The number of nitrogens with one attached hydrogen (secondary N) is 1. The zero-order chi connectivity index (χ0) is 21.6. The Bertz CT molecular complexity index is 679. The molecule has 0 radical (unpaired) electrons. The van der Waals surface area contributed by atoms with Gasteiger partial charge in [0.05, 0.1) is 12.1 Å². The fraction of sp³-hybridized carbons (Fsp3) is 0.652. The van der Waals surface area contributed by atoms with E-state index in [4.69, 9.17) is 0 Å². The number of aliphatic hydroxyl groups excluding tert-OH is 2. The van der Waals surface area contributed by atoms with E-state index in [1.807, 2.05) is 30.3 Å². The first-order chi connectivity index (χ1) is 13.7. The van der Waals surface area contributed by atoms with E-state index in [2.05, 4.69) is 19.2 Å². The number of hydrogen-bond acceptors (Lipinski definition) is 4. The summed E-state index contributed by atoms with van der Waals surface area (Å²) in [5.41, 5.74) is 0.575. The van der Waals surface area contributed by atoms with Gasteiger partial charge in [0.1, 0.15) is 6.10 Å². The van der Waals surface area contributed by atoms with E-state index in [0.29, 0.717) is 38.1 Å². The van der Waals surface area contributed by atoms with Gasteiger partial charge in [-0.3, -0.25) is 9.59 Å². The van der Waals surface area contributed by atoms with Gasteiger partial charge in [-0.1, -0.05) is 44.2 Å². The summed E-state index contributed by atoms with van der Waals surface area (Å²) in [5, 5.41) is 24.3. The van der Waals surface area contributed by atoms with Crippen LogP contribution in [0.25, 0.3) is 0 Å². The molecule has 0 spiro atoms. The highest BCUT2D eigenvalue weighted by atomic mass is 16.3. The number of hydrogen-bond donors (Lipinski definition) is 3. The van der Waals surface area contributed by atoms with Crippen LogP contribution >= 0.6 is 0 Å². The third-order valence-electron chi connectivity index (χ3n) is 6.20. The molecule has 0 aliphatic heterocycles. The molecule has 4 atom stereocenters. The van der Waals surface area contributed by atoms with Gasteiger partial charge in [0.15, 0.2) is 0 Å². The van der Waals surface area contributed by atoms with Gasteiger partial charge < -0.3 is 20.4 Å². The van der Waals surface area contributed by atoms with Crippen LogP contribution in [0.5, 0.6) is 0 Å². The van der Waals surface area contributed by atoms with Crippen LogP contribution in [-0.4, -0.2) is 58.8 Å². The molecule has 1 fully saturated rings. The van der Waals surface area contributed by atoms with Crippen LogP contribution in [0.4, 0.5) is 0 Å². The number of benzene rings is 1. The molecule has 29 heavy (non-hydrogen) atoms. The van der Waals surface area contributed by atoms with Crippen molar-refractivity contribution >= 4 is 11.8 Å². The van der Waals surface area contributed by atoms with Gasteiger partial charge in [-0.25, -0.2) is 0 Å². The first-order valence-corrected chi connectivity index (χ1v) is 10.6. The van der Waals surface area contributed by atoms with Crippen LogP contribution in [0.3, 0.4) is 0 Å². The van der Waals surface area contributed by atoms with Crippen molar-refractivity contribution in [3.05, 3.63) is 35.9 Å². The Morgan fingerprint density at radius 1 is 1.24 bits per heavy atom. The molecular formula is C23H36N2O4. The molecule has 2 amide bonds. The first-order valence-electron chi connectivity index (χ1n) is 10.6. The lowest BCUT2D eigenvalue weighted by Gasteiger charge is -2.39. The van der Waals surface area contributed by atoms with Crippen molar-refractivity contribution < 1.29 is 19.8 Å². The van der Waals surface area contributed by atoms with Gasteiger partial charge in [-0.05, 0) is 37.2 Å². The molecule has 0 heterocycles. The molecule has 0 aromatic heterocycles. The van der Waals surface area contributed by atoms with Gasteiger partial charge in [-0.15, -0.1) is 0 Å². The Hall–Kier alpha value is -1.92. The molecule has 2 rings (SSSR count). The minimum absolute atomic E-state index is 0.0293. The maximum Gasteiger partial charge on any atom is 0.222 e. The van der Waals surface area contributed by atoms with Crippen LogP contribution in [0.2, 0.25) is 0 Å². The second-order valence-corrected chi connectivity index (χ2v) is 8.86. The lowest BCUT2D eigenvalue weighted by molar-refractivity contribution is -0.137. The van der Waals surface area contributed by atoms with E-state index in [1.165, 1.54) is 6.92 Å². The second kappa shape index (κ2) is 10.2. The number of amides is 2. The topological polar surface area (TPSA) is 89.9 Å². The highest BCUT2D eigenvalue weighted by Gasteiger charge is 2.44. The summed E-state index contributed by atoms with van der Waals surface area (Å²) < 4.78 is 0. The number of likely N-dealkylation sites (N-methyl/N-ethyl adjacent to an activating group) is 1. The molecule has 1 aliphatic carbocycles. The predicted octanol–water partition coefficient (Wildman–Crippen LogP) is 2.23. The van der Waals surface area contributed by atoms with Crippen molar-refractivity contribution in [2.45, 2.75) is 76.5 Å². The minimum Gasteiger partial charge on any atom is -0.390 e. The third kappa shape index (κ3) is 6.03. The SMILES string of the molecule is CC(=O)NC[C@@]1(c2ccccc2)CC[C@H](O)[C@H](O)[C@@H](N(C)C(=O)CCC(C)C)C1. The van der Waals surface area contributed by atoms with Crippen molar-refractivity contribution in [2.24, 2.45) is 5.92 Å². The van der Waals surface area contributed by atoms with Gasteiger partial charge in [0.25, 0.3) is 0 Å². The second-order valence-electron chi connectivity index (χ2n) is 8.86. The summed E-state index contributed by atoms with van der Waals surface area (Å²) in [4.78, 5) is 26.1. The van der Waals surface area contributed by atoms with Gasteiger partial charge in [0.2, 0.25) is 11.8 Å². The predicted molar refractivity (Wildman–Crippen MR) is 113 cm³/mol. The quantitative estimate of drug-likeness (QED) is 0.608. The summed E-state index contributed by atoms with van der Waals surface area (Å²) >= 11 is 0. The van der Waals surface area contributed by atoms with E-state index in [9.17, 15) is 19.8 Å². The Morgan fingerprint density at radius 2 is 1.90 bits per heavy atom. The molecule has 1 aromatic rings. The van der Waals surface area contributed by atoms with Gasteiger partial charge in [-0.2, -0.15) is 0 Å². The molecule has 1 aliphatic rings. The summed E-state index contributed by atoms with van der Waals surface area (Å²) in [6.45, 7) is 6.03. The summed E-state index contributed by atoms with van der Waals surface area (Å²) in [5.74, 6) is 0.266. The van der Waals surface area contributed by atoms with E-state index < -0.39 is 23.7 Å². The summed E-state index contributed by atoms with van der Waals surface area (Å²) in [6.07, 6.45) is 0.746. The largest absolute Gasteiger partial charge is 0.390 e. The van der Waals surface area contributed by atoms with Gasteiger partial charge >= 0.3 is 0 Å². The zero-order valence-corrected chi connectivity index (χ0v) is 18.1. The summed E-state index contributed by atoms with van der Waals surface area (Å²) in [7, 11) is 1.71. The monoisotopic (exact) mass is 404 g/mol. The van der Waals surface area contributed by atoms with Crippen molar-refractivity contribution in [2.75, 3.05) is 13.6 Å². The van der Waals surface area contributed by atoms with Crippen molar-refractivity contribution in [3.8, 4) is 0 Å². The molecule has 0 bridgehead atoms. The smallest absolute Gasteiger partial charge is 0.222 e. The van der Waals surface area contributed by atoms with Crippen LogP contribution in [0.1, 0.15) is 58.4 Å². The van der Waals surface area contributed by atoms with E-state index in [-0.39, 0.29) is 11.8 Å². The molecule has 3 N–H and O–H groups in total. The van der Waals surface area contributed by atoms with Crippen LogP contribution in [0.15, 0.2) is 30.3 Å². The molecule has 1 saturated carbocycles. The molecule has 162 valence electrons. The standard InChI is InChI=1S/C23H36N2O4/c1-16(2)10-11-21(28)25(4)19-14-23(15-24-17(3)26,13-12-20(27)22(19)29)18-8-6-5-7-9-18/h5-9,16,19-20,22,27,29H,10-15H2,1-4H3,(H,24,26)/t19-,20-,22+,23+/m0/s1. The lowest BCUT2D eigenvalue weighted by Crippen LogP contribution is -2.51. The van der Waals surface area contributed by atoms with Crippen molar-refractivity contribution in [3.63, 3.8) is 0 Å². The van der Waals surface area contributed by atoms with Crippen molar-refractivity contribution in [1.82, 2.24) is 10.2 Å². The fourth-order valence-corrected chi connectivity index (χ4v) is 4.22. The molecule has 6 heteroatoms. The highest BCUT2D eigenvalue weighted by Crippen LogP contribution is 2.40. The number of carbonyl (C=O) groups excluding carboxylic acids is 2. The van der Waals surface area contributed by atoms with Crippen LogP contribution < -0.4 is 5.32 Å². The third-order valence-corrected chi connectivity index (χ3v) is 6.20. The van der Waals surface area contributed by atoms with Crippen LogP contribution in [-0.2, 0) is 15.0 Å². The molecule has 1 aromatic carbocycles. The molecule has 0 saturated heterocycles. The maximum absolute atomic E-state index is 12.8. The zero-order valence-electron chi connectivity index (χ0n) is 18.1. The Morgan fingerprint density at radius 3 is 2.48 bits per heavy atom. The Labute approximate surface area is 174 Å². The average molecular weight is 405 g/mol. The van der Waals surface area contributed by atoms with Gasteiger partial charge in [0, 0.05) is 32.4 Å². The fourth-order valence-electron chi connectivity index (χ4n) is 4.22. The average Bonchev–Trinajstić information content (AvgIpc) is 2.83. The van der Waals surface area contributed by atoms with Crippen molar-refractivity contribution in [1.29, 1.82) is 0 Å². The van der Waals surface area contributed by atoms with E-state index in [1.54, 1.807) is 11.9 Å². The molecular weight excluding hydrogens is 368 g/mol. The number of carbonyl (C=O) groups is 2. The number of aliphatic hydroxyl groups is 2.